The summed E-state index contributed by atoms with van der Waals surface area (Å²) in [6.45, 7) is 0. The van der Waals surface area contributed by atoms with Crippen LogP contribution in [0.3, 0.4) is 0 Å². The van der Waals surface area contributed by atoms with Gasteiger partial charge in [0.2, 0.25) is 0 Å². The van der Waals surface area contributed by atoms with E-state index >= 15 is 0 Å². The second-order valence-corrected chi connectivity index (χ2v) is 5.86. The maximum Gasteiger partial charge on any atom is 0.132 e. The molecule has 0 heterocycles. The first-order valence-corrected chi connectivity index (χ1v) is 7.81. The van der Waals surface area contributed by atoms with E-state index in [1.165, 1.54) is 0 Å². The van der Waals surface area contributed by atoms with Gasteiger partial charge in [0.25, 0.3) is 0 Å². The van der Waals surface area contributed by atoms with E-state index in [0.717, 1.165) is 32.6 Å². The van der Waals surface area contributed by atoms with Crippen molar-refractivity contribution in [3.63, 3.8) is 0 Å². The van der Waals surface area contributed by atoms with Crippen LogP contribution in [0.1, 0.15) is 5.56 Å². The van der Waals surface area contributed by atoms with Crippen molar-refractivity contribution in [2.24, 2.45) is 0 Å². The molecule has 4 heteroatoms. The van der Waals surface area contributed by atoms with Gasteiger partial charge < -0.3 is 9.64 Å². The Labute approximate surface area is 130 Å². The Morgan fingerprint density at radius 3 is 2.58 bits per heavy atom. The molecule has 0 saturated heterocycles. The van der Waals surface area contributed by atoms with Gasteiger partial charge in [0, 0.05) is 41.2 Å². The summed E-state index contributed by atoms with van der Waals surface area (Å²) < 4.78 is 7.00. The number of hydrogen-bond donors (Lipinski definition) is 0. The fourth-order valence-corrected chi connectivity index (χ4v) is 2.49. The van der Waals surface area contributed by atoms with E-state index in [1.807, 2.05) is 50.5 Å². The number of nitrogens with zero attached hydrogens (tertiary/aromatic N) is 1. The first-order valence-electron chi connectivity index (χ1n) is 5.90. The number of benzene rings is 2. The molecule has 2 aromatic rings. The Kier molecular flexibility index (Phi) is 4.88. The Morgan fingerprint density at radius 1 is 1.11 bits per heavy atom. The van der Waals surface area contributed by atoms with Crippen LogP contribution in [0.25, 0.3) is 0 Å². The van der Waals surface area contributed by atoms with Crippen LogP contribution >= 0.6 is 31.9 Å². The van der Waals surface area contributed by atoms with E-state index in [2.05, 4.69) is 42.8 Å². The lowest BCUT2D eigenvalue weighted by atomic mass is 10.2. The minimum absolute atomic E-state index is 0.767. The van der Waals surface area contributed by atoms with E-state index < -0.39 is 0 Å². The van der Waals surface area contributed by atoms with E-state index in [-0.39, 0.29) is 0 Å². The van der Waals surface area contributed by atoms with Crippen LogP contribution in [0.2, 0.25) is 0 Å². The lowest BCUT2D eigenvalue weighted by Crippen LogP contribution is -2.08. The van der Waals surface area contributed by atoms with Crippen LogP contribution in [0, 0.1) is 0 Å². The Morgan fingerprint density at radius 2 is 1.89 bits per heavy atom. The number of anilines is 1. The summed E-state index contributed by atoms with van der Waals surface area (Å²) in [5.74, 6) is 1.70. The van der Waals surface area contributed by atoms with Crippen molar-refractivity contribution in [2.75, 3.05) is 19.0 Å². The van der Waals surface area contributed by atoms with Gasteiger partial charge in [-0.2, -0.15) is 0 Å². The highest BCUT2D eigenvalue weighted by Crippen LogP contribution is 2.31. The number of hydrogen-bond acceptors (Lipinski definition) is 2. The largest absolute Gasteiger partial charge is 0.457 e. The Hall–Kier alpha value is -1.000. The molecule has 0 fully saturated rings. The number of rotatable bonds is 4. The third-order valence-electron chi connectivity index (χ3n) is 2.74. The van der Waals surface area contributed by atoms with E-state index in [4.69, 9.17) is 4.74 Å². The lowest BCUT2D eigenvalue weighted by molar-refractivity contribution is 0.478. The molecule has 0 atom stereocenters. The monoisotopic (exact) mass is 383 g/mol. The molecule has 0 aliphatic carbocycles. The molecule has 0 spiro atoms. The SMILES string of the molecule is CN(C)c1cccc(Oc2cc(Br)ccc2CBr)c1. The van der Waals surface area contributed by atoms with E-state index in [1.54, 1.807) is 0 Å². The van der Waals surface area contributed by atoms with Gasteiger partial charge in [-0.3, -0.25) is 0 Å². The summed E-state index contributed by atoms with van der Waals surface area (Å²) in [6, 6.07) is 14.1. The highest BCUT2D eigenvalue weighted by molar-refractivity contribution is 9.10. The smallest absolute Gasteiger partial charge is 0.132 e. The Balaban J connectivity index is 2.30. The second kappa shape index (κ2) is 6.44. The second-order valence-electron chi connectivity index (χ2n) is 4.38. The van der Waals surface area contributed by atoms with Gasteiger partial charge in [-0.15, -0.1) is 0 Å². The molecule has 0 unspecified atom stereocenters. The van der Waals surface area contributed by atoms with Gasteiger partial charge in [0.15, 0.2) is 0 Å². The molecule has 0 aliphatic rings. The van der Waals surface area contributed by atoms with Gasteiger partial charge >= 0.3 is 0 Å². The number of ether oxygens (including phenoxy) is 1. The quantitative estimate of drug-likeness (QED) is 0.671. The summed E-state index contributed by atoms with van der Waals surface area (Å²) in [6.07, 6.45) is 0. The zero-order valence-electron chi connectivity index (χ0n) is 10.9. The van der Waals surface area contributed by atoms with Crippen molar-refractivity contribution in [2.45, 2.75) is 5.33 Å². The zero-order valence-corrected chi connectivity index (χ0v) is 14.0. The molecular formula is C15H15Br2NO. The third kappa shape index (κ3) is 3.74. The third-order valence-corrected chi connectivity index (χ3v) is 3.83. The molecular weight excluding hydrogens is 370 g/mol. The molecule has 100 valence electrons. The molecule has 19 heavy (non-hydrogen) atoms. The molecule has 0 saturated carbocycles. The predicted molar refractivity (Wildman–Crippen MR) is 87.6 cm³/mol. The summed E-state index contributed by atoms with van der Waals surface area (Å²) in [5.41, 5.74) is 2.24. The van der Waals surface area contributed by atoms with Crippen LogP contribution in [0.4, 0.5) is 5.69 Å². The molecule has 0 aromatic heterocycles. The minimum Gasteiger partial charge on any atom is -0.457 e. The minimum atomic E-state index is 0.767. The van der Waals surface area contributed by atoms with Gasteiger partial charge in [0.05, 0.1) is 0 Å². The molecule has 2 rings (SSSR count). The fraction of sp³-hybridized carbons (Fsp3) is 0.200. The summed E-state index contributed by atoms with van der Waals surface area (Å²) >= 11 is 6.95. The lowest BCUT2D eigenvalue weighted by Gasteiger charge is -2.15. The summed E-state index contributed by atoms with van der Waals surface area (Å²) in [4.78, 5) is 2.05. The predicted octanol–water partition coefficient (Wildman–Crippen LogP) is 5.20. The first kappa shape index (κ1) is 14.4. The number of alkyl halides is 1. The average Bonchev–Trinajstić information content (AvgIpc) is 2.39. The molecule has 0 amide bonds. The van der Waals surface area contributed by atoms with Crippen LogP contribution in [0.15, 0.2) is 46.9 Å². The highest BCUT2D eigenvalue weighted by Gasteiger charge is 2.06. The maximum atomic E-state index is 5.99. The van der Waals surface area contributed by atoms with Crippen LogP contribution in [-0.2, 0) is 5.33 Å². The van der Waals surface area contributed by atoms with Crippen molar-refractivity contribution >= 4 is 37.5 Å². The van der Waals surface area contributed by atoms with Crippen LogP contribution in [0.5, 0.6) is 11.5 Å². The maximum absolute atomic E-state index is 5.99. The number of halogens is 2. The van der Waals surface area contributed by atoms with Crippen LogP contribution in [-0.4, -0.2) is 14.1 Å². The van der Waals surface area contributed by atoms with Crippen molar-refractivity contribution in [1.29, 1.82) is 0 Å². The molecule has 2 nitrogen and oxygen atoms in total. The summed E-state index contributed by atoms with van der Waals surface area (Å²) in [7, 11) is 4.03. The average molecular weight is 385 g/mol. The van der Waals surface area contributed by atoms with Gasteiger partial charge in [-0.25, -0.2) is 0 Å². The summed E-state index contributed by atoms with van der Waals surface area (Å²) in [5, 5.41) is 0.767. The highest BCUT2D eigenvalue weighted by atomic mass is 79.9. The van der Waals surface area contributed by atoms with Gasteiger partial charge in [-0.05, 0) is 24.3 Å². The van der Waals surface area contributed by atoms with Crippen molar-refractivity contribution in [3.8, 4) is 11.5 Å². The fourth-order valence-electron chi connectivity index (χ4n) is 1.69. The normalized spacial score (nSPS) is 10.3. The standard InChI is InChI=1S/C15H15Br2NO/c1-18(2)13-4-3-5-14(9-13)19-15-8-12(17)7-6-11(15)10-16/h3-9H,10H2,1-2H3. The van der Waals surface area contributed by atoms with Crippen LogP contribution < -0.4 is 9.64 Å². The Bertz CT molecular complexity index is 570. The van der Waals surface area contributed by atoms with E-state index in [0.29, 0.717) is 0 Å². The van der Waals surface area contributed by atoms with Crippen molar-refractivity contribution < 1.29 is 4.74 Å². The van der Waals surface area contributed by atoms with Gasteiger partial charge in [0.1, 0.15) is 11.5 Å². The first-order chi connectivity index (χ1) is 9.10. The molecule has 0 radical (unpaired) electrons. The van der Waals surface area contributed by atoms with E-state index in [9.17, 15) is 0 Å². The topological polar surface area (TPSA) is 12.5 Å². The molecule has 0 bridgehead atoms. The van der Waals surface area contributed by atoms with Crippen molar-refractivity contribution in [1.82, 2.24) is 0 Å². The molecule has 0 aliphatic heterocycles. The van der Waals surface area contributed by atoms with Crippen molar-refractivity contribution in [3.05, 3.63) is 52.5 Å². The zero-order chi connectivity index (χ0) is 13.8. The molecule has 2 aromatic carbocycles. The van der Waals surface area contributed by atoms with Gasteiger partial charge in [-0.1, -0.05) is 44.0 Å². The molecule has 0 N–H and O–H groups in total.